The first-order valence-corrected chi connectivity index (χ1v) is 9.63. The number of carbonyl (C=O) groups excluding carboxylic acids is 1. The number of amides is 1. The quantitative estimate of drug-likeness (QED) is 0.556. The van der Waals surface area contributed by atoms with Crippen LogP contribution in [-0.2, 0) is 6.54 Å². The predicted molar refractivity (Wildman–Crippen MR) is 107 cm³/mol. The molecule has 4 aromatic rings. The Morgan fingerprint density at radius 2 is 2.07 bits per heavy atom. The number of rotatable bonds is 4. The fourth-order valence-electron chi connectivity index (χ4n) is 2.85. The smallest absolute Gasteiger partial charge is 0.277 e. The average Bonchev–Trinajstić information content (AvgIpc) is 3.31. The summed E-state index contributed by atoms with van der Waals surface area (Å²) in [6.45, 7) is 6.48. The van der Waals surface area contributed by atoms with Gasteiger partial charge in [-0.3, -0.25) is 9.48 Å². The Kier molecular flexibility index (Phi) is 4.45. The third-order valence-corrected chi connectivity index (χ3v) is 5.43. The molecule has 0 spiro atoms. The molecular formula is C18H17ClN6OS. The van der Waals surface area contributed by atoms with Crippen molar-refractivity contribution < 1.29 is 4.79 Å². The van der Waals surface area contributed by atoms with E-state index < -0.39 is 0 Å². The van der Waals surface area contributed by atoms with E-state index in [-0.39, 0.29) is 5.91 Å². The zero-order chi connectivity index (χ0) is 19.1. The van der Waals surface area contributed by atoms with Gasteiger partial charge in [0.25, 0.3) is 5.91 Å². The number of hydrogen-bond acceptors (Lipinski definition) is 5. The van der Waals surface area contributed by atoms with Crippen LogP contribution in [0.4, 0.5) is 5.82 Å². The molecule has 27 heavy (non-hydrogen) atoms. The molecule has 0 unspecified atom stereocenters. The molecule has 3 heterocycles. The highest BCUT2D eigenvalue weighted by Crippen LogP contribution is 2.31. The molecule has 1 aromatic carbocycles. The zero-order valence-corrected chi connectivity index (χ0v) is 16.6. The molecule has 3 aromatic heterocycles. The van der Waals surface area contributed by atoms with Crippen LogP contribution in [0.25, 0.3) is 15.3 Å². The summed E-state index contributed by atoms with van der Waals surface area (Å²) < 4.78 is 4.37. The van der Waals surface area contributed by atoms with Crippen molar-refractivity contribution in [2.24, 2.45) is 0 Å². The van der Waals surface area contributed by atoms with E-state index in [1.165, 1.54) is 11.3 Å². The van der Waals surface area contributed by atoms with Gasteiger partial charge in [0.15, 0.2) is 5.69 Å². The van der Waals surface area contributed by atoms with E-state index in [1.54, 1.807) is 27.6 Å². The van der Waals surface area contributed by atoms with Crippen molar-refractivity contribution in [2.45, 2.75) is 27.3 Å². The Hall–Kier alpha value is -2.71. The Morgan fingerprint density at radius 1 is 1.26 bits per heavy atom. The van der Waals surface area contributed by atoms with Crippen molar-refractivity contribution in [1.82, 2.24) is 24.5 Å². The number of benzene rings is 1. The van der Waals surface area contributed by atoms with E-state index in [9.17, 15) is 4.79 Å². The number of carbonyl (C=O) groups is 1. The van der Waals surface area contributed by atoms with Crippen LogP contribution >= 0.6 is 22.9 Å². The fourth-order valence-corrected chi connectivity index (χ4v) is 4.08. The first kappa shape index (κ1) is 17.7. The van der Waals surface area contributed by atoms with Crippen LogP contribution in [-0.4, -0.2) is 30.5 Å². The highest BCUT2D eigenvalue weighted by molar-refractivity contribution is 7.20. The third-order valence-electron chi connectivity index (χ3n) is 4.13. The highest BCUT2D eigenvalue weighted by atomic mass is 35.5. The maximum absolute atomic E-state index is 12.6. The third kappa shape index (κ3) is 3.22. The van der Waals surface area contributed by atoms with Crippen LogP contribution in [0, 0.1) is 13.8 Å². The maximum Gasteiger partial charge on any atom is 0.277 e. The lowest BCUT2D eigenvalue weighted by atomic mass is 10.3. The van der Waals surface area contributed by atoms with Gasteiger partial charge >= 0.3 is 0 Å². The second-order valence-corrected chi connectivity index (χ2v) is 7.52. The van der Waals surface area contributed by atoms with E-state index in [1.807, 2.05) is 32.9 Å². The lowest BCUT2D eigenvalue weighted by molar-refractivity contribution is 0.102. The summed E-state index contributed by atoms with van der Waals surface area (Å²) in [4.78, 5) is 17.2. The van der Waals surface area contributed by atoms with Gasteiger partial charge < -0.3 is 5.32 Å². The van der Waals surface area contributed by atoms with E-state index in [4.69, 9.17) is 11.6 Å². The molecule has 0 saturated heterocycles. The molecule has 0 radical (unpaired) electrons. The van der Waals surface area contributed by atoms with Crippen molar-refractivity contribution in [1.29, 1.82) is 0 Å². The Bertz CT molecular complexity index is 1160. The normalized spacial score (nSPS) is 11.3. The summed E-state index contributed by atoms with van der Waals surface area (Å²) in [7, 11) is 0. The molecule has 0 atom stereocenters. The first-order chi connectivity index (χ1) is 13.0. The lowest BCUT2D eigenvalue weighted by Crippen LogP contribution is -2.16. The summed E-state index contributed by atoms with van der Waals surface area (Å²) in [5.74, 6) is 0.252. The van der Waals surface area contributed by atoms with Crippen LogP contribution in [0.15, 0.2) is 30.3 Å². The lowest BCUT2D eigenvalue weighted by Gasteiger charge is -2.04. The average molecular weight is 401 g/mol. The molecule has 1 N–H and O–H groups in total. The summed E-state index contributed by atoms with van der Waals surface area (Å²) in [6.07, 6.45) is 0. The highest BCUT2D eigenvalue weighted by Gasteiger charge is 2.18. The summed E-state index contributed by atoms with van der Waals surface area (Å²) in [5, 5.41) is 12.9. The molecule has 1 amide bonds. The molecule has 0 aliphatic carbocycles. The number of thiazole rings is 1. The van der Waals surface area contributed by atoms with Gasteiger partial charge in [0.05, 0.1) is 15.4 Å². The predicted octanol–water partition coefficient (Wildman–Crippen LogP) is 4.22. The number of hydrogen-bond donors (Lipinski definition) is 1. The van der Waals surface area contributed by atoms with Crippen LogP contribution in [0.2, 0.25) is 5.02 Å². The SMILES string of the molecule is CCn1nc(C(=O)Nc2cc(C)nn2-c2nc3c(Cl)cccc3s2)cc1C. The topological polar surface area (TPSA) is 77.6 Å². The van der Waals surface area contributed by atoms with E-state index in [0.29, 0.717) is 28.2 Å². The minimum atomic E-state index is -0.286. The van der Waals surface area contributed by atoms with Crippen molar-refractivity contribution in [3.05, 3.63) is 52.4 Å². The van der Waals surface area contributed by atoms with Gasteiger partial charge in [-0.05, 0) is 39.0 Å². The summed E-state index contributed by atoms with van der Waals surface area (Å²) >= 11 is 7.69. The second-order valence-electron chi connectivity index (χ2n) is 6.11. The maximum atomic E-state index is 12.6. The van der Waals surface area contributed by atoms with E-state index in [2.05, 4.69) is 20.5 Å². The zero-order valence-electron chi connectivity index (χ0n) is 15.0. The number of aryl methyl sites for hydroxylation is 3. The van der Waals surface area contributed by atoms with Gasteiger partial charge in [0, 0.05) is 18.3 Å². The molecule has 0 saturated carbocycles. The molecule has 0 aliphatic heterocycles. The Balaban J connectivity index is 1.70. The fraction of sp³-hybridized carbons (Fsp3) is 0.222. The number of halogens is 1. The molecular weight excluding hydrogens is 384 g/mol. The summed E-state index contributed by atoms with van der Waals surface area (Å²) in [6, 6.07) is 9.21. The van der Waals surface area contributed by atoms with Crippen LogP contribution in [0.5, 0.6) is 0 Å². The van der Waals surface area contributed by atoms with Crippen molar-refractivity contribution >= 4 is 44.9 Å². The van der Waals surface area contributed by atoms with Crippen molar-refractivity contribution in [2.75, 3.05) is 5.32 Å². The Labute approximate surface area is 164 Å². The number of fused-ring (bicyclic) bond motifs is 1. The number of nitrogens with zero attached hydrogens (tertiary/aromatic N) is 5. The molecule has 0 bridgehead atoms. The first-order valence-electron chi connectivity index (χ1n) is 8.44. The van der Waals surface area contributed by atoms with Gasteiger partial charge in [-0.15, -0.1) is 0 Å². The van der Waals surface area contributed by atoms with Crippen molar-refractivity contribution in [3.8, 4) is 5.13 Å². The van der Waals surface area contributed by atoms with E-state index in [0.717, 1.165) is 21.6 Å². The number of para-hydroxylation sites is 1. The largest absolute Gasteiger partial charge is 0.305 e. The van der Waals surface area contributed by atoms with Gasteiger partial charge in [-0.25, -0.2) is 4.98 Å². The molecule has 0 aliphatic rings. The minimum Gasteiger partial charge on any atom is -0.305 e. The molecule has 7 nitrogen and oxygen atoms in total. The molecule has 9 heteroatoms. The van der Waals surface area contributed by atoms with Gasteiger partial charge in [-0.2, -0.15) is 14.9 Å². The van der Waals surface area contributed by atoms with E-state index >= 15 is 0 Å². The summed E-state index contributed by atoms with van der Waals surface area (Å²) in [5.41, 5.74) is 2.80. The molecule has 0 fully saturated rings. The standard InChI is InChI=1S/C18H17ClN6OS/c1-4-24-11(3)9-13(23-24)17(26)20-15-8-10(2)22-25(15)18-21-16-12(19)6-5-7-14(16)27-18/h5-9H,4H2,1-3H3,(H,20,26). The second kappa shape index (κ2) is 6.79. The van der Waals surface area contributed by atoms with Crippen LogP contribution < -0.4 is 5.32 Å². The molecule has 138 valence electrons. The number of nitrogens with one attached hydrogen (secondary N) is 1. The van der Waals surface area contributed by atoms with Gasteiger partial charge in [0.2, 0.25) is 5.13 Å². The van der Waals surface area contributed by atoms with Crippen LogP contribution in [0.3, 0.4) is 0 Å². The number of anilines is 1. The molecule has 4 rings (SSSR count). The van der Waals surface area contributed by atoms with Gasteiger partial charge in [-0.1, -0.05) is 29.0 Å². The van der Waals surface area contributed by atoms with Crippen LogP contribution in [0.1, 0.15) is 28.8 Å². The number of aromatic nitrogens is 5. The monoisotopic (exact) mass is 400 g/mol. The van der Waals surface area contributed by atoms with Gasteiger partial charge in [0.1, 0.15) is 11.3 Å². The Morgan fingerprint density at radius 3 is 2.78 bits per heavy atom. The minimum absolute atomic E-state index is 0.286. The van der Waals surface area contributed by atoms with Crippen molar-refractivity contribution in [3.63, 3.8) is 0 Å².